The highest BCUT2D eigenvalue weighted by Crippen LogP contribution is 1.95. The van der Waals surface area contributed by atoms with E-state index in [1.54, 1.807) is 0 Å². The zero-order valence-corrected chi connectivity index (χ0v) is 3.86. The Bertz CT molecular complexity index is 31.2. The van der Waals surface area contributed by atoms with Gasteiger partial charge in [0.15, 0.2) is 0 Å². The summed E-state index contributed by atoms with van der Waals surface area (Å²) >= 11 is 0. The zero-order chi connectivity index (χ0) is 5.70. The van der Waals surface area contributed by atoms with Gasteiger partial charge < -0.3 is 0 Å². The quantitative estimate of drug-likeness (QED) is 0.514. The summed E-state index contributed by atoms with van der Waals surface area (Å²) in [7, 11) is 0. The molecular formula is C4H7F2O. The molecule has 1 nitrogen and oxygen atoms in total. The Labute approximate surface area is 41.0 Å². The summed E-state index contributed by atoms with van der Waals surface area (Å²) in [5.74, 6) is -0.903. The van der Waals surface area contributed by atoms with Crippen molar-refractivity contribution in [2.45, 2.75) is 0 Å². The van der Waals surface area contributed by atoms with E-state index in [1.165, 1.54) is 0 Å². The molecule has 3 heteroatoms. The van der Waals surface area contributed by atoms with Crippen LogP contribution in [-0.4, -0.2) is 20.0 Å². The maximum atomic E-state index is 11.2. The first kappa shape index (κ1) is 6.82. The molecule has 0 atom stereocenters. The van der Waals surface area contributed by atoms with Crippen LogP contribution in [0.4, 0.5) is 8.78 Å². The van der Waals surface area contributed by atoms with Crippen molar-refractivity contribution in [3.63, 3.8) is 0 Å². The highest BCUT2D eigenvalue weighted by molar-refractivity contribution is 4.50. The molecule has 0 rings (SSSR count). The van der Waals surface area contributed by atoms with Crippen LogP contribution < -0.4 is 0 Å². The van der Waals surface area contributed by atoms with Crippen LogP contribution in [0.15, 0.2) is 0 Å². The summed E-state index contributed by atoms with van der Waals surface area (Å²) in [4.78, 5) is 0. The molecule has 0 fully saturated rings. The maximum absolute atomic E-state index is 11.2. The van der Waals surface area contributed by atoms with Crippen molar-refractivity contribution in [2.75, 3.05) is 20.0 Å². The van der Waals surface area contributed by atoms with Crippen LogP contribution in [0.3, 0.4) is 0 Å². The molecule has 0 amide bonds. The highest BCUT2D eigenvalue weighted by atomic mass is 19.1. The Balaban J connectivity index is 2.99. The monoisotopic (exact) mass is 109 g/mol. The first-order valence-corrected chi connectivity index (χ1v) is 2.05. The molecule has 0 aliphatic rings. The van der Waals surface area contributed by atoms with E-state index < -0.39 is 25.9 Å². The Kier molecular flexibility index (Phi) is 3.89. The molecule has 0 aromatic rings. The van der Waals surface area contributed by atoms with Crippen molar-refractivity contribution in [3.8, 4) is 0 Å². The summed E-state index contributed by atoms with van der Waals surface area (Å²) < 4.78 is 22.4. The lowest BCUT2D eigenvalue weighted by Crippen LogP contribution is -2.08. The minimum Gasteiger partial charge on any atom is -0.251 e. The molecule has 0 spiro atoms. The lowest BCUT2D eigenvalue weighted by molar-refractivity contribution is 0.111. The molecule has 7 heavy (non-hydrogen) atoms. The van der Waals surface area contributed by atoms with Crippen LogP contribution in [0.1, 0.15) is 0 Å². The molecule has 0 aliphatic carbocycles. The lowest BCUT2D eigenvalue weighted by atomic mass is 10.2. The second-order valence-electron chi connectivity index (χ2n) is 1.34. The third-order valence-corrected chi connectivity index (χ3v) is 0.672. The van der Waals surface area contributed by atoms with Crippen molar-refractivity contribution in [2.24, 2.45) is 5.92 Å². The van der Waals surface area contributed by atoms with Crippen molar-refractivity contribution in [1.82, 2.24) is 0 Å². The van der Waals surface area contributed by atoms with Gasteiger partial charge in [0.25, 0.3) is 0 Å². The first-order valence-electron chi connectivity index (χ1n) is 2.05. The zero-order valence-electron chi connectivity index (χ0n) is 3.86. The Morgan fingerprint density at radius 1 is 1.29 bits per heavy atom. The van der Waals surface area contributed by atoms with E-state index in [0.717, 1.165) is 0 Å². The van der Waals surface area contributed by atoms with Gasteiger partial charge in [-0.05, 0) is 0 Å². The van der Waals surface area contributed by atoms with Crippen LogP contribution in [0.5, 0.6) is 0 Å². The fourth-order valence-corrected chi connectivity index (χ4v) is 0.130. The second kappa shape index (κ2) is 3.99. The van der Waals surface area contributed by atoms with Gasteiger partial charge in [0, 0.05) is 5.92 Å². The Morgan fingerprint density at radius 3 is 1.71 bits per heavy atom. The van der Waals surface area contributed by atoms with Gasteiger partial charge >= 0.3 is 0 Å². The average molecular weight is 109 g/mol. The van der Waals surface area contributed by atoms with Crippen LogP contribution in [0.25, 0.3) is 0 Å². The van der Waals surface area contributed by atoms with Gasteiger partial charge in [-0.1, -0.05) is 0 Å². The van der Waals surface area contributed by atoms with Crippen molar-refractivity contribution < 1.29 is 13.9 Å². The second-order valence-corrected chi connectivity index (χ2v) is 1.34. The van der Waals surface area contributed by atoms with Gasteiger partial charge in [-0.3, -0.25) is 8.78 Å². The van der Waals surface area contributed by atoms with E-state index in [0.29, 0.717) is 0 Å². The summed E-state index contributed by atoms with van der Waals surface area (Å²) in [5.41, 5.74) is 0. The van der Waals surface area contributed by atoms with E-state index in [-0.39, 0.29) is 0 Å². The molecule has 0 heterocycles. The number of alkyl halides is 2. The largest absolute Gasteiger partial charge is 0.251 e. The Morgan fingerprint density at radius 2 is 1.71 bits per heavy atom. The molecule has 43 valence electrons. The minimum absolute atomic E-state index is 0.646. The molecule has 1 radical (unpaired) electrons. The molecular weight excluding hydrogens is 102 g/mol. The smallest absolute Gasteiger partial charge is 0.0970 e. The van der Waals surface area contributed by atoms with Gasteiger partial charge in [-0.15, -0.1) is 0 Å². The van der Waals surface area contributed by atoms with Gasteiger partial charge in [0.1, 0.15) is 0 Å². The topological polar surface area (TPSA) is 19.9 Å². The van der Waals surface area contributed by atoms with Gasteiger partial charge in [-0.2, -0.15) is 0 Å². The SMILES string of the molecule is [O]CC(CF)CF. The molecule has 0 saturated carbocycles. The van der Waals surface area contributed by atoms with E-state index in [1.807, 2.05) is 0 Å². The normalized spacial score (nSPS) is 10.3. The van der Waals surface area contributed by atoms with Crippen LogP contribution >= 0.6 is 0 Å². The van der Waals surface area contributed by atoms with Gasteiger partial charge in [-0.25, -0.2) is 5.11 Å². The predicted molar refractivity (Wildman–Crippen MR) is 21.0 cm³/mol. The molecule has 0 aromatic carbocycles. The third kappa shape index (κ3) is 2.51. The Hall–Kier alpha value is -0.180. The van der Waals surface area contributed by atoms with Gasteiger partial charge in [0.05, 0.1) is 20.0 Å². The number of hydrogen-bond acceptors (Lipinski definition) is 0. The predicted octanol–water partition coefficient (Wildman–Crippen LogP) is 0.972. The van der Waals surface area contributed by atoms with Crippen LogP contribution in [0.2, 0.25) is 0 Å². The fraction of sp³-hybridized carbons (Fsp3) is 1.00. The number of hydrogen-bond donors (Lipinski definition) is 0. The summed E-state index contributed by atoms with van der Waals surface area (Å²) in [5, 5.41) is 9.61. The molecule has 0 aliphatic heterocycles. The summed E-state index contributed by atoms with van der Waals surface area (Å²) in [6, 6.07) is 0. The molecule has 0 unspecified atom stereocenters. The average Bonchev–Trinajstić information content (AvgIpc) is 1.72. The van der Waals surface area contributed by atoms with Crippen molar-refractivity contribution >= 4 is 0 Å². The molecule has 0 saturated heterocycles. The highest BCUT2D eigenvalue weighted by Gasteiger charge is 2.04. The van der Waals surface area contributed by atoms with Gasteiger partial charge in [0.2, 0.25) is 0 Å². The van der Waals surface area contributed by atoms with E-state index >= 15 is 0 Å². The van der Waals surface area contributed by atoms with E-state index in [4.69, 9.17) is 0 Å². The molecule has 0 aromatic heterocycles. The van der Waals surface area contributed by atoms with Crippen LogP contribution in [-0.2, 0) is 5.11 Å². The van der Waals surface area contributed by atoms with Crippen molar-refractivity contribution in [3.05, 3.63) is 0 Å². The summed E-state index contributed by atoms with van der Waals surface area (Å²) in [6.45, 7) is -2.31. The standard InChI is InChI=1S/C4H7F2O/c5-1-4(2-6)3-7/h4H,1-3H2. The summed E-state index contributed by atoms with van der Waals surface area (Å²) in [6.07, 6.45) is 0. The van der Waals surface area contributed by atoms with Crippen molar-refractivity contribution in [1.29, 1.82) is 0 Å². The number of halogens is 2. The minimum atomic E-state index is -0.903. The lowest BCUT2D eigenvalue weighted by Gasteiger charge is -1.97. The van der Waals surface area contributed by atoms with E-state index in [2.05, 4.69) is 0 Å². The third-order valence-electron chi connectivity index (χ3n) is 0.672. The molecule has 0 N–H and O–H groups in total. The fourth-order valence-electron chi connectivity index (χ4n) is 0.130. The molecule has 0 bridgehead atoms. The number of rotatable bonds is 3. The van der Waals surface area contributed by atoms with Crippen LogP contribution in [0, 0.1) is 5.92 Å². The van der Waals surface area contributed by atoms with E-state index in [9.17, 15) is 13.9 Å². The first-order chi connectivity index (χ1) is 3.35. The maximum Gasteiger partial charge on any atom is 0.0970 e.